The number of hydrogen-bond acceptors (Lipinski definition) is 2. The molecule has 3 heteroatoms. The normalized spacial score (nSPS) is 18.6. The van der Waals surface area contributed by atoms with Gasteiger partial charge in [0, 0.05) is 11.4 Å². The Bertz CT molecular complexity index is 339. The van der Waals surface area contributed by atoms with E-state index in [0.717, 1.165) is 25.8 Å². The Kier molecular flexibility index (Phi) is 3.64. The lowest BCUT2D eigenvalue weighted by atomic mass is 9.83. The number of carbonyl (C=O) groups is 1. The molecule has 1 aromatic heterocycles. The van der Waals surface area contributed by atoms with E-state index in [4.69, 9.17) is 0 Å². The van der Waals surface area contributed by atoms with Gasteiger partial charge in [0.2, 0.25) is 5.91 Å². The van der Waals surface area contributed by atoms with Gasteiger partial charge in [-0.1, -0.05) is 25.8 Å². The van der Waals surface area contributed by atoms with Crippen LogP contribution in [0.2, 0.25) is 0 Å². The van der Waals surface area contributed by atoms with Crippen molar-refractivity contribution in [2.75, 3.05) is 6.54 Å². The summed E-state index contributed by atoms with van der Waals surface area (Å²) in [5, 5.41) is 5.14. The molecule has 1 heterocycles. The third kappa shape index (κ3) is 2.01. The minimum Gasteiger partial charge on any atom is -0.355 e. The maximum absolute atomic E-state index is 12.3. The molecule has 0 spiro atoms. The van der Waals surface area contributed by atoms with Crippen molar-refractivity contribution in [2.24, 2.45) is 0 Å². The molecule has 1 N–H and O–H groups in total. The second kappa shape index (κ2) is 5.00. The molecule has 0 aliphatic heterocycles. The second-order valence-corrected chi connectivity index (χ2v) is 5.47. The Labute approximate surface area is 101 Å². The molecule has 1 aromatic rings. The van der Waals surface area contributed by atoms with Crippen molar-refractivity contribution in [1.82, 2.24) is 5.32 Å². The molecule has 1 aliphatic rings. The summed E-state index contributed by atoms with van der Waals surface area (Å²) in [6.07, 6.45) is 5.40. The molecular formula is C13H19NOS. The van der Waals surface area contributed by atoms with Crippen molar-refractivity contribution >= 4 is 17.2 Å². The predicted molar refractivity (Wildman–Crippen MR) is 67.8 cm³/mol. The van der Waals surface area contributed by atoms with Crippen LogP contribution in [0.4, 0.5) is 0 Å². The minimum absolute atomic E-state index is 0.205. The Morgan fingerprint density at radius 1 is 1.50 bits per heavy atom. The zero-order valence-electron chi connectivity index (χ0n) is 9.79. The van der Waals surface area contributed by atoms with Gasteiger partial charge in [-0.3, -0.25) is 4.79 Å². The van der Waals surface area contributed by atoms with Crippen molar-refractivity contribution in [3.8, 4) is 0 Å². The van der Waals surface area contributed by atoms with E-state index in [1.54, 1.807) is 11.3 Å². The molecule has 2 rings (SSSR count). The number of thiophene rings is 1. The van der Waals surface area contributed by atoms with Crippen molar-refractivity contribution in [1.29, 1.82) is 0 Å². The molecule has 16 heavy (non-hydrogen) atoms. The van der Waals surface area contributed by atoms with Gasteiger partial charge in [-0.25, -0.2) is 0 Å². The highest BCUT2D eigenvalue weighted by atomic mass is 32.1. The summed E-state index contributed by atoms with van der Waals surface area (Å²) in [7, 11) is 0. The van der Waals surface area contributed by atoms with Crippen molar-refractivity contribution < 1.29 is 4.79 Å². The largest absolute Gasteiger partial charge is 0.355 e. The van der Waals surface area contributed by atoms with Crippen LogP contribution in [0.25, 0.3) is 0 Å². The highest BCUT2D eigenvalue weighted by Crippen LogP contribution is 2.43. The molecule has 2 nitrogen and oxygen atoms in total. The zero-order chi connectivity index (χ0) is 11.4. The first-order valence-corrected chi connectivity index (χ1v) is 7.00. The van der Waals surface area contributed by atoms with Crippen molar-refractivity contribution in [2.45, 2.75) is 44.4 Å². The number of nitrogens with one attached hydrogen (secondary N) is 1. The third-order valence-electron chi connectivity index (χ3n) is 3.42. The first-order chi connectivity index (χ1) is 7.79. The number of carbonyl (C=O) groups excluding carboxylic acids is 1. The van der Waals surface area contributed by atoms with Gasteiger partial charge in [-0.15, -0.1) is 11.3 Å². The highest BCUT2D eigenvalue weighted by molar-refractivity contribution is 7.10. The van der Waals surface area contributed by atoms with Crippen LogP contribution in [-0.4, -0.2) is 12.5 Å². The van der Waals surface area contributed by atoms with E-state index in [1.165, 1.54) is 17.7 Å². The Morgan fingerprint density at radius 3 is 2.81 bits per heavy atom. The molecule has 1 amide bonds. The molecule has 88 valence electrons. The predicted octanol–water partition coefficient (Wildman–Crippen LogP) is 3.09. The van der Waals surface area contributed by atoms with E-state index in [9.17, 15) is 4.79 Å². The smallest absolute Gasteiger partial charge is 0.231 e. The third-order valence-corrected chi connectivity index (χ3v) is 4.49. The summed E-state index contributed by atoms with van der Waals surface area (Å²) in [6, 6.07) is 4.16. The lowest BCUT2D eigenvalue weighted by Crippen LogP contribution is -2.42. The van der Waals surface area contributed by atoms with E-state index in [1.807, 2.05) is 6.07 Å². The summed E-state index contributed by atoms with van der Waals surface area (Å²) >= 11 is 1.72. The average Bonchev–Trinajstić information content (AvgIpc) is 2.95. The van der Waals surface area contributed by atoms with E-state index < -0.39 is 0 Å². The summed E-state index contributed by atoms with van der Waals surface area (Å²) < 4.78 is 0. The van der Waals surface area contributed by atoms with Crippen LogP contribution in [0.5, 0.6) is 0 Å². The minimum atomic E-state index is -0.205. The average molecular weight is 237 g/mol. The molecule has 1 aliphatic carbocycles. The first kappa shape index (κ1) is 11.6. The van der Waals surface area contributed by atoms with Gasteiger partial charge in [-0.2, -0.15) is 0 Å². The summed E-state index contributed by atoms with van der Waals surface area (Å²) in [5.74, 6) is 0.245. The lowest BCUT2D eigenvalue weighted by molar-refractivity contribution is -0.126. The van der Waals surface area contributed by atoms with Crippen LogP contribution in [0.1, 0.15) is 43.9 Å². The fourth-order valence-corrected chi connectivity index (χ4v) is 3.51. The van der Waals surface area contributed by atoms with E-state index in [-0.39, 0.29) is 11.3 Å². The number of rotatable bonds is 4. The summed E-state index contributed by atoms with van der Waals surface area (Å²) in [6.45, 7) is 2.89. The molecule has 0 unspecified atom stereocenters. The van der Waals surface area contributed by atoms with Gasteiger partial charge < -0.3 is 5.32 Å². The number of amides is 1. The molecular weight excluding hydrogens is 218 g/mol. The van der Waals surface area contributed by atoms with Gasteiger partial charge in [0.05, 0.1) is 5.41 Å². The van der Waals surface area contributed by atoms with Crippen LogP contribution in [0, 0.1) is 0 Å². The summed E-state index contributed by atoms with van der Waals surface area (Å²) in [4.78, 5) is 13.6. The fraction of sp³-hybridized carbons (Fsp3) is 0.615. The van der Waals surface area contributed by atoms with Gasteiger partial charge in [0.25, 0.3) is 0 Å². The Balaban J connectivity index is 2.19. The first-order valence-electron chi connectivity index (χ1n) is 6.12. The SMILES string of the molecule is CCCNC(=O)C1(c2cccs2)CCCC1. The molecule has 0 aromatic carbocycles. The molecule has 1 fully saturated rings. The quantitative estimate of drug-likeness (QED) is 0.856. The van der Waals surface area contributed by atoms with Crippen LogP contribution < -0.4 is 5.32 Å². The van der Waals surface area contributed by atoms with Crippen LogP contribution in [0.15, 0.2) is 17.5 Å². The molecule has 0 saturated heterocycles. The van der Waals surface area contributed by atoms with Crippen LogP contribution in [0.3, 0.4) is 0 Å². The van der Waals surface area contributed by atoms with Crippen LogP contribution >= 0.6 is 11.3 Å². The second-order valence-electron chi connectivity index (χ2n) is 4.52. The molecule has 0 radical (unpaired) electrons. The summed E-state index contributed by atoms with van der Waals surface area (Å²) in [5.41, 5.74) is -0.205. The lowest BCUT2D eigenvalue weighted by Gasteiger charge is -2.26. The highest BCUT2D eigenvalue weighted by Gasteiger charge is 2.43. The van der Waals surface area contributed by atoms with Gasteiger partial charge >= 0.3 is 0 Å². The standard InChI is InChI=1S/C13H19NOS/c1-2-9-14-12(15)13(7-3-4-8-13)11-6-5-10-16-11/h5-6,10H,2-4,7-9H2,1H3,(H,14,15). The molecule has 0 bridgehead atoms. The van der Waals surface area contributed by atoms with Crippen LogP contribution in [-0.2, 0) is 10.2 Å². The Hall–Kier alpha value is -0.830. The zero-order valence-corrected chi connectivity index (χ0v) is 10.6. The Morgan fingerprint density at radius 2 is 2.25 bits per heavy atom. The monoisotopic (exact) mass is 237 g/mol. The maximum Gasteiger partial charge on any atom is 0.231 e. The van der Waals surface area contributed by atoms with Gasteiger partial charge in [0.15, 0.2) is 0 Å². The number of hydrogen-bond donors (Lipinski definition) is 1. The van der Waals surface area contributed by atoms with E-state index >= 15 is 0 Å². The van der Waals surface area contributed by atoms with Gasteiger partial charge in [-0.05, 0) is 30.7 Å². The van der Waals surface area contributed by atoms with E-state index in [0.29, 0.717) is 0 Å². The topological polar surface area (TPSA) is 29.1 Å². The fourth-order valence-electron chi connectivity index (χ4n) is 2.52. The van der Waals surface area contributed by atoms with E-state index in [2.05, 4.69) is 23.7 Å². The van der Waals surface area contributed by atoms with Crippen molar-refractivity contribution in [3.05, 3.63) is 22.4 Å². The maximum atomic E-state index is 12.3. The van der Waals surface area contributed by atoms with Gasteiger partial charge in [0.1, 0.15) is 0 Å². The van der Waals surface area contributed by atoms with Crippen molar-refractivity contribution in [3.63, 3.8) is 0 Å². The molecule has 0 atom stereocenters. The molecule has 1 saturated carbocycles.